The van der Waals surface area contributed by atoms with Gasteiger partial charge in [0, 0.05) is 19.7 Å². The van der Waals surface area contributed by atoms with Gasteiger partial charge in [-0.1, -0.05) is 36.1 Å². The van der Waals surface area contributed by atoms with E-state index < -0.39 is 11.7 Å². The van der Waals surface area contributed by atoms with E-state index in [1.165, 1.54) is 12.1 Å². The molecule has 0 spiro atoms. The van der Waals surface area contributed by atoms with Gasteiger partial charge in [0.25, 0.3) is 5.91 Å². The number of halogens is 1. The zero-order valence-electron chi connectivity index (χ0n) is 12.6. The molecule has 0 aliphatic heterocycles. The first kappa shape index (κ1) is 15.6. The highest BCUT2D eigenvalue weighted by atomic mass is 19.1. The van der Waals surface area contributed by atoms with Gasteiger partial charge in [-0.25, -0.2) is 4.39 Å². The molecule has 0 unspecified atom stereocenters. The third kappa shape index (κ3) is 3.86. The molecule has 4 heteroatoms. The summed E-state index contributed by atoms with van der Waals surface area (Å²) in [4.78, 5) is 13.8. The lowest BCUT2D eigenvalue weighted by Crippen LogP contribution is -2.24. The van der Waals surface area contributed by atoms with Gasteiger partial charge >= 0.3 is 0 Å². The predicted octanol–water partition coefficient (Wildman–Crippen LogP) is 2.67. The third-order valence-electron chi connectivity index (χ3n) is 3.06. The number of carbonyl (C=O) groups is 1. The van der Waals surface area contributed by atoms with E-state index in [1.54, 1.807) is 12.1 Å². The van der Waals surface area contributed by atoms with Crippen LogP contribution >= 0.6 is 0 Å². The predicted molar refractivity (Wildman–Crippen MR) is 86.4 cm³/mol. The minimum absolute atomic E-state index is 0.0259. The molecule has 0 bridgehead atoms. The molecular weight excluding hydrogens is 279 g/mol. The van der Waals surface area contributed by atoms with Crippen molar-refractivity contribution in [2.75, 3.05) is 25.5 Å². The molecule has 1 N–H and O–H groups in total. The van der Waals surface area contributed by atoms with E-state index in [-0.39, 0.29) is 12.1 Å². The number of benzene rings is 2. The van der Waals surface area contributed by atoms with Crippen LogP contribution in [0.25, 0.3) is 0 Å². The zero-order valence-corrected chi connectivity index (χ0v) is 12.6. The molecule has 1 amide bonds. The van der Waals surface area contributed by atoms with Gasteiger partial charge in [-0.3, -0.25) is 4.79 Å². The molecule has 0 aromatic heterocycles. The molecular formula is C18H17FN2O. The number of hydrogen-bond acceptors (Lipinski definition) is 2. The van der Waals surface area contributed by atoms with E-state index in [1.807, 2.05) is 43.3 Å². The van der Waals surface area contributed by atoms with E-state index >= 15 is 0 Å². The SMILES string of the molecule is CN(C)c1ccccc1C#CCNC(=O)c1ccccc1F. The molecule has 0 aliphatic carbocycles. The smallest absolute Gasteiger partial charge is 0.255 e. The van der Waals surface area contributed by atoms with Crippen LogP contribution in [0, 0.1) is 17.7 Å². The average molecular weight is 296 g/mol. The van der Waals surface area contributed by atoms with Crippen LogP contribution in [0.4, 0.5) is 10.1 Å². The van der Waals surface area contributed by atoms with Crippen LogP contribution in [0.15, 0.2) is 48.5 Å². The molecule has 0 saturated heterocycles. The Balaban J connectivity index is 2.01. The Morgan fingerprint density at radius 2 is 1.82 bits per heavy atom. The Hall–Kier alpha value is -2.80. The summed E-state index contributed by atoms with van der Waals surface area (Å²) in [5, 5.41) is 2.59. The summed E-state index contributed by atoms with van der Waals surface area (Å²) in [6, 6.07) is 13.6. The van der Waals surface area contributed by atoms with Gasteiger partial charge in [0.05, 0.1) is 17.8 Å². The fraction of sp³-hybridized carbons (Fsp3) is 0.167. The van der Waals surface area contributed by atoms with Crippen molar-refractivity contribution in [2.45, 2.75) is 0 Å². The molecule has 0 fully saturated rings. The quantitative estimate of drug-likeness (QED) is 0.883. The Morgan fingerprint density at radius 3 is 2.55 bits per heavy atom. The minimum atomic E-state index is -0.536. The number of anilines is 1. The minimum Gasteiger partial charge on any atom is -0.377 e. The van der Waals surface area contributed by atoms with Crippen LogP contribution in [0.1, 0.15) is 15.9 Å². The van der Waals surface area contributed by atoms with Crippen molar-refractivity contribution >= 4 is 11.6 Å². The van der Waals surface area contributed by atoms with Gasteiger partial charge in [-0.2, -0.15) is 0 Å². The summed E-state index contributed by atoms with van der Waals surface area (Å²) in [6.45, 7) is 0.162. The van der Waals surface area contributed by atoms with Gasteiger partial charge in [0.15, 0.2) is 0 Å². The van der Waals surface area contributed by atoms with Gasteiger partial charge in [0.1, 0.15) is 5.82 Å². The number of nitrogens with one attached hydrogen (secondary N) is 1. The second kappa shape index (κ2) is 7.28. The number of para-hydroxylation sites is 1. The Bertz CT molecular complexity index is 729. The number of carbonyl (C=O) groups excluding carboxylic acids is 1. The molecule has 2 aromatic carbocycles. The third-order valence-corrected chi connectivity index (χ3v) is 3.06. The average Bonchev–Trinajstić information content (AvgIpc) is 2.52. The highest BCUT2D eigenvalue weighted by molar-refractivity contribution is 5.94. The summed E-state index contributed by atoms with van der Waals surface area (Å²) in [6.07, 6.45) is 0. The van der Waals surface area contributed by atoms with E-state index in [4.69, 9.17) is 0 Å². The first-order valence-corrected chi connectivity index (χ1v) is 6.87. The Labute approximate surface area is 129 Å². The molecule has 3 nitrogen and oxygen atoms in total. The summed E-state index contributed by atoms with van der Waals surface area (Å²) in [5.74, 6) is 4.90. The summed E-state index contributed by atoms with van der Waals surface area (Å²) in [5.41, 5.74) is 1.92. The molecule has 2 rings (SSSR count). The molecule has 0 saturated carbocycles. The highest BCUT2D eigenvalue weighted by Crippen LogP contribution is 2.16. The van der Waals surface area contributed by atoms with Crippen molar-refractivity contribution in [3.8, 4) is 11.8 Å². The maximum atomic E-state index is 13.5. The van der Waals surface area contributed by atoms with Gasteiger partial charge in [-0.15, -0.1) is 0 Å². The number of hydrogen-bond donors (Lipinski definition) is 1. The van der Waals surface area contributed by atoms with E-state index in [0.717, 1.165) is 11.3 Å². The summed E-state index contributed by atoms with van der Waals surface area (Å²) in [7, 11) is 3.89. The van der Waals surface area contributed by atoms with Crippen molar-refractivity contribution in [3.05, 3.63) is 65.5 Å². The van der Waals surface area contributed by atoms with E-state index in [9.17, 15) is 9.18 Å². The standard InChI is InChI=1S/C18H17FN2O/c1-21(2)17-12-6-3-8-14(17)9-7-13-20-18(22)15-10-4-5-11-16(15)19/h3-6,8,10-12H,13H2,1-2H3,(H,20,22). The number of amides is 1. The van der Waals surface area contributed by atoms with E-state index in [0.29, 0.717) is 0 Å². The van der Waals surface area contributed by atoms with Crippen molar-refractivity contribution in [2.24, 2.45) is 0 Å². The zero-order chi connectivity index (χ0) is 15.9. The van der Waals surface area contributed by atoms with Crippen molar-refractivity contribution in [1.29, 1.82) is 0 Å². The molecule has 2 aromatic rings. The first-order chi connectivity index (χ1) is 10.6. The molecule has 0 heterocycles. The molecule has 22 heavy (non-hydrogen) atoms. The van der Waals surface area contributed by atoms with Gasteiger partial charge < -0.3 is 10.2 Å². The lowest BCUT2D eigenvalue weighted by atomic mass is 10.1. The normalized spacial score (nSPS) is 9.59. The van der Waals surface area contributed by atoms with Crippen molar-refractivity contribution < 1.29 is 9.18 Å². The van der Waals surface area contributed by atoms with Crippen LogP contribution in [-0.2, 0) is 0 Å². The Morgan fingerprint density at radius 1 is 1.14 bits per heavy atom. The molecule has 0 atom stereocenters. The largest absolute Gasteiger partial charge is 0.377 e. The maximum absolute atomic E-state index is 13.5. The van der Waals surface area contributed by atoms with Crippen LogP contribution in [-0.4, -0.2) is 26.5 Å². The van der Waals surface area contributed by atoms with Crippen LogP contribution < -0.4 is 10.2 Å². The van der Waals surface area contributed by atoms with Gasteiger partial charge in [0.2, 0.25) is 0 Å². The summed E-state index contributed by atoms with van der Waals surface area (Å²) >= 11 is 0. The fourth-order valence-corrected chi connectivity index (χ4v) is 1.97. The second-order valence-electron chi connectivity index (χ2n) is 4.88. The van der Waals surface area contributed by atoms with Crippen molar-refractivity contribution in [1.82, 2.24) is 5.32 Å². The molecule has 0 radical (unpaired) electrons. The fourth-order valence-electron chi connectivity index (χ4n) is 1.97. The Kier molecular flexibility index (Phi) is 5.16. The maximum Gasteiger partial charge on any atom is 0.255 e. The number of nitrogens with zero attached hydrogens (tertiary/aromatic N) is 1. The van der Waals surface area contributed by atoms with Crippen molar-refractivity contribution in [3.63, 3.8) is 0 Å². The van der Waals surface area contributed by atoms with Gasteiger partial charge in [-0.05, 0) is 24.3 Å². The van der Waals surface area contributed by atoms with E-state index in [2.05, 4.69) is 17.2 Å². The molecule has 112 valence electrons. The lowest BCUT2D eigenvalue weighted by Gasteiger charge is -2.13. The first-order valence-electron chi connectivity index (χ1n) is 6.87. The second-order valence-corrected chi connectivity index (χ2v) is 4.88. The topological polar surface area (TPSA) is 32.3 Å². The van der Waals surface area contributed by atoms with Crippen LogP contribution in [0.3, 0.4) is 0 Å². The molecule has 0 aliphatic rings. The monoisotopic (exact) mass is 296 g/mol. The van der Waals surface area contributed by atoms with Crippen LogP contribution in [0.2, 0.25) is 0 Å². The number of rotatable bonds is 3. The van der Waals surface area contributed by atoms with Crippen LogP contribution in [0.5, 0.6) is 0 Å². The highest BCUT2D eigenvalue weighted by Gasteiger charge is 2.08. The lowest BCUT2D eigenvalue weighted by molar-refractivity contribution is 0.0954. The summed E-state index contributed by atoms with van der Waals surface area (Å²) < 4.78 is 13.5.